The number of carbonyl (C=O) groups is 1. The van der Waals surface area contributed by atoms with Crippen LogP contribution in [0.3, 0.4) is 0 Å². The third-order valence-corrected chi connectivity index (χ3v) is 3.21. The summed E-state index contributed by atoms with van der Waals surface area (Å²) in [5.74, 6) is -0.675. The summed E-state index contributed by atoms with van der Waals surface area (Å²) in [5, 5.41) is 0.361. The Balaban J connectivity index is 2.43. The predicted octanol–water partition coefficient (Wildman–Crippen LogP) is 4.13. The Bertz CT molecular complexity index is 649. The highest BCUT2D eigenvalue weighted by Crippen LogP contribution is 2.33. The van der Waals surface area contributed by atoms with Gasteiger partial charge in [-0.2, -0.15) is 0 Å². The molecule has 19 heavy (non-hydrogen) atoms. The second-order valence-corrected chi connectivity index (χ2v) is 4.97. The quantitative estimate of drug-likeness (QED) is 0.910. The summed E-state index contributed by atoms with van der Waals surface area (Å²) in [5.41, 5.74) is 5.37. The monoisotopic (exact) mass is 343 g/mol. The van der Waals surface area contributed by atoms with Crippen LogP contribution in [-0.2, 0) is 0 Å². The number of hydrogen-bond donors (Lipinski definition) is 1. The molecule has 0 spiro atoms. The average Bonchev–Trinajstić information content (AvgIpc) is 2.35. The minimum Gasteiger partial charge on any atom is -0.455 e. The summed E-state index contributed by atoms with van der Waals surface area (Å²) in [6.45, 7) is 0. The van der Waals surface area contributed by atoms with E-state index in [1.807, 2.05) is 0 Å². The highest BCUT2D eigenvalue weighted by molar-refractivity contribution is 9.10. The van der Waals surface area contributed by atoms with Gasteiger partial charge in [-0.3, -0.25) is 4.79 Å². The summed E-state index contributed by atoms with van der Waals surface area (Å²) >= 11 is 9.02. The average molecular weight is 345 g/mol. The lowest BCUT2D eigenvalue weighted by atomic mass is 10.2. The molecule has 0 aliphatic carbocycles. The molecule has 1 amide bonds. The molecule has 0 radical (unpaired) electrons. The number of ether oxygens (including phenoxy) is 1. The van der Waals surface area contributed by atoms with Crippen molar-refractivity contribution in [2.75, 3.05) is 0 Å². The van der Waals surface area contributed by atoms with E-state index >= 15 is 0 Å². The van der Waals surface area contributed by atoms with Gasteiger partial charge in [-0.1, -0.05) is 11.6 Å². The first-order chi connectivity index (χ1) is 8.97. The maximum atomic E-state index is 13.2. The molecule has 2 N–H and O–H groups in total. The molecule has 3 nitrogen and oxygen atoms in total. The zero-order valence-corrected chi connectivity index (χ0v) is 11.8. The van der Waals surface area contributed by atoms with Gasteiger partial charge in [0, 0.05) is 11.1 Å². The number of halogens is 3. The SMILES string of the molecule is NC(=O)c1cc(Cl)ccc1Oc1cc(F)ccc1Br. The van der Waals surface area contributed by atoms with E-state index in [1.165, 1.54) is 30.3 Å². The van der Waals surface area contributed by atoms with Gasteiger partial charge < -0.3 is 10.5 Å². The number of amides is 1. The normalized spacial score (nSPS) is 10.3. The number of carbonyl (C=O) groups excluding carboxylic acids is 1. The van der Waals surface area contributed by atoms with Crippen molar-refractivity contribution in [2.45, 2.75) is 0 Å². The van der Waals surface area contributed by atoms with Crippen LogP contribution in [-0.4, -0.2) is 5.91 Å². The van der Waals surface area contributed by atoms with Gasteiger partial charge in [-0.25, -0.2) is 4.39 Å². The fraction of sp³-hybridized carbons (Fsp3) is 0. The van der Waals surface area contributed by atoms with Crippen molar-refractivity contribution in [3.8, 4) is 11.5 Å². The lowest BCUT2D eigenvalue weighted by Gasteiger charge is -2.11. The molecule has 0 aliphatic heterocycles. The Hall–Kier alpha value is -1.59. The molecule has 98 valence electrons. The standard InChI is InChI=1S/C13H8BrClFNO2/c14-10-3-2-8(16)6-12(10)19-11-4-1-7(15)5-9(11)13(17)18/h1-6H,(H2,17,18). The van der Waals surface area contributed by atoms with Crippen molar-refractivity contribution in [1.82, 2.24) is 0 Å². The van der Waals surface area contributed by atoms with Gasteiger partial charge in [0.1, 0.15) is 17.3 Å². The summed E-state index contributed by atoms with van der Waals surface area (Å²) in [4.78, 5) is 11.3. The van der Waals surface area contributed by atoms with Crippen molar-refractivity contribution < 1.29 is 13.9 Å². The molecular formula is C13H8BrClFNO2. The van der Waals surface area contributed by atoms with Crippen LogP contribution in [0.5, 0.6) is 11.5 Å². The van der Waals surface area contributed by atoms with E-state index in [-0.39, 0.29) is 17.1 Å². The first kappa shape index (κ1) is 13.8. The molecule has 0 saturated heterocycles. The predicted molar refractivity (Wildman–Crippen MR) is 74.1 cm³/mol. The minimum atomic E-state index is -0.676. The van der Waals surface area contributed by atoms with Crippen LogP contribution >= 0.6 is 27.5 Å². The molecule has 0 aromatic heterocycles. The van der Waals surface area contributed by atoms with Crippen molar-refractivity contribution >= 4 is 33.4 Å². The summed E-state index contributed by atoms with van der Waals surface area (Å²) < 4.78 is 19.2. The van der Waals surface area contributed by atoms with E-state index in [9.17, 15) is 9.18 Å². The summed E-state index contributed by atoms with van der Waals surface area (Å²) in [7, 11) is 0. The lowest BCUT2D eigenvalue weighted by molar-refractivity contribution is 0.0998. The van der Waals surface area contributed by atoms with Crippen LogP contribution < -0.4 is 10.5 Å². The fourth-order valence-electron chi connectivity index (χ4n) is 1.46. The molecular weight excluding hydrogens is 337 g/mol. The second-order valence-electron chi connectivity index (χ2n) is 3.68. The molecule has 0 saturated carbocycles. The molecule has 0 bridgehead atoms. The van der Waals surface area contributed by atoms with E-state index in [1.54, 1.807) is 6.07 Å². The number of rotatable bonds is 3. The highest BCUT2D eigenvalue weighted by atomic mass is 79.9. The molecule has 2 aromatic carbocycles. The third-order valence-electron chi connectivity index (χ3n) is 2.32. The lowest BCUT2D eigenvalue weighted by Crippen LogP contribution is -2.12. The first-order valence-corrected chi connectivity index (χ1v) is 6.37. The molecule has 2 aromatic rings. The van der Waals surface area contributed by atoms with Crippen LogP contribution in [0.15, 0.2) is 40.9 Å². The van der Waals surface area contributed by atoms with Crippen LogP contribution in [0.4, 0.5) is 4.39 Å². The summed E-state index contributed by atoms with van der Waals surface area (Å²) in [6, 6.07) is 8.44. The maximum Gasteiger partial charge on any atom is 0.252 e. The van der Waals surface area contributed by atoms with E-state index in [4.69, 9.17) is 22.1 Å². The zero-order valence-electron chi connectivity index (χ0n) is 9.49. The van der Waals surface area contributed by atoms with E-state index in [0.29, 0.717) is 9.50 Å². The maximum absolute atomic E-state index is 13.2. The van der Waals surface area contributed by atoms with Crippen LogP contribution in [0.25, 0.3) is 0 Å². The van der Waals surface area contributed by atoms with Gasteiger partial charge in [0.15, 0.2) is 0 Å². The largest absolute Gasteiger partial charge is 0.455 e. The van der Waals surface area contributed by atoms with E-state index < -0.39 is 11.7 Å². The topological polar surface area (TPSA) is 52.3 Å². The Morgan fingerprint density at radius 3 is 2.63 bits per heavy atom. The second kappa shape index (κ2) is 5.59. The van der Waals surface area contributed by atoms with Crippen molar-refractivity contribution in [2.24, 2.45) is 5.73 Å². The molecule has 6 heteroatoms. The van der Waals surface area contributed by atoms with Gasteiger partial charge in [-0.05, 0) is 46.3 Å². The number of primary amides is 1. The van der Waals surface area contributed by atoms with Gasteiger partial charge in [0.05, 0.1) is 10.0 Å². The van der Waals surface area contributed by atoms with Gasteiger partial charge in [-0.15, -0.1) is 0 Å². The Labute approximate surface area is 122 Å². The fourth-order valence-corrected chi connectivity index (χ4v) is 1.96. The van der Waals surface area contributed by atoms with Crippen LogP contribution in [0.2, 0.25) is 5.02 Å². The smallest absolute Gasteiger partial charge is 0.252 e. The minimum absolute atomic E-state index is 0.128. The Kier molecular flexibility index (Phi) is 4.07. The molecule has 0 atom stereocenters. The van der Waals surface area contributed by atoms with Crippen molar-refractivity contribution in [3.05, 3.63) is 57.3 Å². The summed E-state index contributed by atoms with van der Waals surface area (Å²) in [6.07, 6.45) is 0. The van der Waals surface area contributed by atoms with Gasteiger partial charge in [0.2, 0.25) is 0 Å². The Morgan fingerprint density at radius 2 is 1.95 bits per heavy atom. The molecule has 0 aliphatic rings. The first-order valence-electron chi connectivity index (χ1n) is 5.19. The number of nitrogens with two attached hydrogens (primary N) is 1. The highest BCUT2D eigenvalue weighted by Gasteiger charge is 2.13. The van der Waals surface area contributed by atoms with E-state index in [0.717, 1.165) is 0 Å². The number of hydrogen-bond acceptors (Lipinski definition) is 2. The molecule has 0 heterocycles. The van der Waals surface area contributed by atoms with Crippen molar-refractivity contribution in [1.29, 1.82) is 0 Å². The van der Waals surface area contributed by atoms with Crippen molar-refractivity contribution in [3.63, 3.8) is 0 Å². The zero-order chi connectivity index (χ0) is 14.0. The Morgan fingerprint density at radius 1 is 1.21 bits per heavy atom. The molecule has 2 rings (SSSR count). The van der Waals surface area contributed by atoms with Gasteiger partial charge >= 0.3 is 0 Å². The van der Waals surface area contributed by atoms with Crippen LogP contribution in [0, 0.1) is 5.82 Å². The molecule has 0 unspecified atom stereocenters. The van der Waals surface area contributed by atoms with Gasteiger partial charge in [0.25, 0.3) is 5.91 Å². The molecule has 0 fully saturated rings. The van der Waals surface area contributed by atoms with Crippen LogP contribution in [0.1, 0.15) is 10.4 Å². The third kappa shape index (κ3) is 3.24. The van der Waals surface area contributed by atoms with E-state index in [2.05, 4.69) is 15.9 Å². The number of benzene rings is 2.